The van der Waals surface area contributed by atoms with E-state index < -0.39 is 41.2 Å². The molecule has 6 atom stereocenters. The quantitative estimate of drug-likeness (QED) is 0.327. The number of ether oxygens (including phenoxy) is 1. The maximum absolute atomic E-state index is 12.7. The third-order valence-corrected chi connectivity index (χ3v) is 7.07. The first-order valence-electron chi connectivity index (χ1n) is 11.4. The molecular weight excluding hydrogens is 396 g/mol. The Balaban J connectivity index is 2.29. The van der Waals surface area contributed by atoms with Gasteiger partial charge in [0.05, 0.1) is 5.92 Å². The van der Waals surface area contributed by atoms with E-state index in [-0.39, 0.29) is 18.1 Å². The summed E-state index contributed by atoms with van der Waals surface area (Å²) >= 11 is 0. The van der Waals surface area contributed by atoms with Gasteiger partial charge in [0.2, 0.25) is 0 Å². The van der Waals surface area contributed by atoms with Crippen LogP contribution in [0.4, 0.5) is 0 Å². The lowest BCUT2D eigenvalue weighted by atomic mass is 9.56. The lowest BCUT2D eigenvalue weighted by Crippen LogP contribution is -2.49. The topological polar surface area (TPSA) is 97.7 Å². The zero-order valence-corrected chi connectivity index (χ0v) is 19.3. The van der Waals surface area contributed by atoms with Gasteiger partial charge in [-0.25, -0.2) is 4.79 Å². The molecule has 6 heteroatoms. The van der Waals surface area contributed by atoms with Crippen molar-refractivity contribution in [3.8, 4) is 0 Å². The number of esters is 1. The van der Waals surface area contributed by atoms with Crippen molar-refractivity contribution in [3.05, 3.63) is 23.3 Å². The van der Waals surface area contributed by atoms with Gasteiger partial charge in [0.1, 0.15) is 12.4 Å². The summed E-state index contributed by atoms with van der Waals surface area (Å²) in [7, 11) is 0. The summed E-state index contributed by atoms with van der Waals surface area (Å²) in [5.41, 5.74) is 0.267. The van der Waals surface area contributed by atoms with Crippen molar-refractivity contribution >= 4 is 24.0 Å². The molecule has 3 unspecified atom stereocenters. The molecule has 0 spiro atoms. The number of carboxylic acid groups (broad SMARTS) is 1. The van der Waals surface area contributed by atoms with Crippen LogP contribution in [0.25, 0.3) is 0 Å². The van der Waals surface area contributed by atoms with E-state index in [1.54, 1.807) is 13.8 Å². The van der Waals surface area contributed by atoms with E-state index in [0.717, 1.165) is 25.5 Å². The van der Waals surface area contributed by atoms with Gasteiger partial charge in [-0.05, 0) is 50.2 Å². The Bertz CT molecular complexity index is 779. The highest BCUT2D eigenvalue weighted by Gasteiger charge is 2.53. The van der Waals surface area contributed by atoms with Gasteiger partial charge >= 0.3 is 11.9 Å². The van der Waals surface area contributed by atoms with Crippen LogP contribution in [-0.2, 0) is 23.9 Å². The fourth-order valence-corrected chi connectivity index (χ4v) is 5.08. The van der Waals surface area contributed by atoms with E-state index in [4.69, 9.17) is 4.74 Å². The normalized spacial score (nSPS) is 30.6. The maximum atomic E-state index is 12.7. The van der Waals surface area contributed by atoms with Crippen LogP contribution in [0.2, 0.25) is 0 Å². The van der Waals surface area contributed by atoms with Crippen molar-refractivity contribution < 1.29 is 29.0 Å². The summed E-state index contributed by atoms with van der Waals surface area (Å²) in [6, 6.07) is 0. The molecule has 1 N–H and O–H groups in total. The highest BCUT2D eigenvalue weighted by Crippen LogP contribution is 2.53. The Labute approximate surface area is 185 Å². The Hall–Kier alpha value is -2.24. The van der Waals surface area contributed by atoms with Crippen LogP contribution in [0.1, 0.15) is 73.1 Å². The molecule has 6 nitrogen and oxygen atoms in total. The van der Waals surface area contributed by atoms with Crippen molar-refractivity contribution in [2.45, 2.75) is 79.2 Å². The van der Waals surface area contributed by atoms with Crippen molar-refractivity contribution in [3.63, 3.8) is 0 Å². The molecule has 0 aromatic rings. The van der Waals surface area contributed by atoms with Gasteiger partial charge < -0.3 is 14.6 Å². The van der Waals surface area contributed by atoms with E-state index in [9.17, 15) is 24.3 Å². The highest BCUT2D eigenvalue weighted by atomic mass is 16.5. The number of fused-ring (bicyclic) bond motifs is 1. The van der Waals surface area contributed by atoms with Crippen LogP contribution in [0.15, 0.2) is 23.3 Å². The van der Waals surface area contributed by atoms with E-state index in [1.807, 2.05) is 13.0 Å². The molecule has 1 fully saturated rings. The lowest BCUT2D eigenvalue weighted by molar-refractivity contribution is -0.153. The number of aliphatic carboxylic acids is 1. The molecule has 2 aliphatic carbocycles. The van der Waals surface area contributed by atoms with Crippen LogP contribution < -0.4 is 0 Å². The fourth-order valence-electron chi connectivity index (χ4n) is 5.08. The fraction of sp³-hybridized carbons (Fsp3) is 0.680. The Morgan fingerprint density at radius 3 is 2.58 bits per heavy atom. The Kier molecular flexibility index (Phi) is 8.38. The summed E-state index contributed by atoms with van der Waals surface area (Å²) in [6.07, 6.45) is 7.66. The second kappa shape index (κ2) is 10.4. The average molecular weight is 433 g/mol. The largest absolute Gasteiger partial charge is 0.481 e. The van der Waals surface area contributed by atoms with Crippen LogP contribution in [0, 0.1) is 29.1 Å². The van der Waals surface area contributed by atoms with Gasteiger partial charge in [0.15, 0.2) is 5.78 Å². The van der Waals surface area contributed by atoms with Crippen LogP contribution in [0.3, 0.4) is 0 Å². The average Bonchev–Trinajstić information content (AvgIpc) is 2.71. The van der Waals surface area contributed by atoms with Gasteiger partial charge in [-0.15, -0.1) is 0 Å². The number of carbonyl (C=O) groups excluding carboxylic acids is 3. The molecule has 1 saturated carbocycles. The van der Waals surface area contributed by atoms with Crippen LogP contribution in [0.5, 0.6) is 0 Å². The first-order valence-corrected chi connectivity index (χ1v) is 11.4. The molecule has 2 aliphatic rings. The summed E-state index contributed by atoms with van der Waals surface area (Å²) < 4.78 is 5.80. The smallest absolute Gasteiger partial charge is 0.333 e. The van der Waals surface area contributed by atoms with E-state index >= 15 is 0 Å². The van der Waals surface area contributed by atoms with Gasteiger partial charge in [0.25, 0.3) is 0 Å². The van der Waals surface area contributed by atoms with Gasteiger partial charge in [-0.3, -0.25) is 9.59 Å². The van der Waals surface area contributed by atoms with E-state index in [2.05, 4.69) is 13.8 Å². The molecule has 0 amide bonds. The molecular formula is C25H36O6. The second-order valence-electron chi connectivity index (χ2n) is 9.56. The van der Waals surface area contributed by atoms with E-state index in [1.165, 1.54) is 6.08 Å². The minimum atomic E-state index is -0.925. The molecule has 0 heterocycles. The molecule has 0 aliphatic heterocycles. The summed E-state index contributed by atoms with van der Waals surface area (Å²) in [6.45, 7) is 9.43. The number of carbonyl (C=O) groups is 4. The number of carboxylic acids is 1. The number of unbranched alkanes of at least 4 members (excludes halogenated alkanes) is 1. The van der Waals surface area contributed by atoms with Crippen molar-refractivity contribution in [2.75, 3.05) is 0 Å². The molecule has 0 radical (unpaired) electrons. The minimum absolute atomic E-state index is 0.195. The van der Waals surface area contributed by atoms with Gasteiger partial charge in [0, 0.05) is 22.8 Å². The molecule has 0 saturated heterocycles. The standard InChI is InChI=1S/C25H36O6/c1-6-7-8-15(2)11-16(3)24(30)31-22-10-9-19(23(28)29)25(5)13-18(17(4)14-26)21(27)12-20(22)25/h11-12,14-15,17-19,22H,6-10,13H2,1-5H3,(H,28,29)/b16-11-/t15?,17?,18?,19-,22-,25-/m1/s1. The van der Waals surface area contributed by atoms with Gasteiger partial charge in [-0.2, -0.15) is 0 Å². The maximum Gasteiger partial charge on any atom is 0.333 e. The molecule has 0 bridgehead atoms. The SMILES string of the molecule is CCCCC(C)/C=C(/C)C(=O)O[C@@H]1CC[C@H](C(=O)O)[C@@]2(C)CC(C(C)C=O)C(=O)C=C12. The number of ketones is 1. The minimum Gasteiger partial charge on any atom is -0.481 e. The number of rotatable bonds is 9. The van der Waals surface area contributed by atoms with Crippen molar-refractivity contribution in [1.29, 1.82) is 0 Å². The van der Waals surface area contributed by atoms with Crippen molar-refractivity contribution in [1.82, 2.24) is 0 Å². The third kappa shape index (κ3) is 5.52. The summed E-state index contributed by atoms with van der Waals surface area (Å²) in [5, 5.41) is 9.82. The number of aldehydes is 1. The zero-order valence-electron chi connectivity index (χ0n) is 19.3. The number of allylic oxidation sites excluding steroid dienone is 2. The summed E-state index contributed by atoms with van der Waals surface area (Å²) in [4.78, 5) is 48.8. The monoisotopic (exact) mass is 432 g/mol. The second-order valence-corrected chi connectivity index (χ2v) is 9.56. The first kappa shape index (κ1) is 25.0. The van der Waals surface area contributed by atoms with E-state index in [0.29, 0.717) is 24.0 Å². The van der Waals surface area contributed by atoms with Crippen molar-refractivity contribution in [2.24, 2.45) is 29.1 Å². The predicted octanol–water partition coefficient (Wildman–Crippen LogP) is 4.52. The molecule has 0 aromatic carbocycles. The Morgan fingerprint density at radius 1 is 1.32 bits per heavy atom. The predicted molar refractivity (Wildman–Crippen MR) is 117 cm³/mol. The van der Waals surface area contributed by atoms with Crippen LogP contribution in [-0.4, -0.2) is 35.2 Å². The number of hydrogen-bond donors (Lipinski definition) is 1. The molecule has 0 aromatic heterocycles. The molecule has 2 rings (SSSR count). The molecule has 31 heavy (non-hydrogen) atoms. The highest BCUT2D eigenvalue weighted by molar-refractivity contribution is 5.96. The van der Waals surface area contributed by atoms with Gasteiger partial charge in [-0.1, -0.05) is 46.6 Å². The first-order chi connectivity index (χ1) is 14.5. The zero-order chi connectivity index (χ0) is 23.3. The van der Waals surface area contributed by atoms with Crippen LogP contribution >= 0.6 is 0 Å². The number of hydrogen-bond acceptors (Lipinski definition) is 5. The molecule has 172 valence electrons. The summed E-state index contributed by atoms with van der Waals surface area (Å²) in [5.74, 6) is -3.01. The Morgan fingerprint density at radius 2 is 2.00 bits per heavy atom. The lowest BCUT2D eigenvalue weighted by Gasteiger charge is -2.48. The third-order valence-electron chi connectivity index (χ3n) is 7.07.